The second-order valence-corrected chi connectivity index (χ2v) is 8.04. The van der Waals surface area contributed by atoms with Gasteiger partial charge < -0.3 is 5.73 Å². The van der Waals surface area contributed by atoms with Crippen LogP contribution in [-0.2, 0) is 20.2 Å². The Hall–Kier alpha value is -1.40. The van der Waals surface area contributed by atoms with Crippen molar-refractivity contribution in [3.63, 3.8) is 0 Å². The molecule has 0 bridgehead atoms. The summed E-state index contributed by atoms with van der Waals surface area (Å²) in [6.07, 6.45) is 4.48. The van der Waals surface area contributed by atoms with Crippen molar-refractivity contribution in [2.24, 2.45) is 5.73 Å². The highest BCUT2D eigenvalue weighted by molar-refractivity contribution is 7.91. The van der Waals surface area contributed by atoms with Crippen molar-refractivity contribution in [3.05, 3.63) is 29.8 Å². The largest absolute Gasteiger partial charge is 0.368 e. The normalized spacial score (nSPS) is 28.2. The van der Waals surface area contributed by atoms with Crippen molar-refractivity contribution < 1.29 is 13.2 Å². The maximum atomic E-state index is 12.2. The van der Waals surface area contributed by atoms with Gasteiger partial charge in [-0.15, -0.1) is 0 Å². The summed E-state index contributed by atoms with van der Waals surface area (Å²) in [6.45, 7) is 0. The average Bonchev–Trinajstić information content (AvgIpc) is 2.95. The van der Waals surface area contributed by atoms with Crippen LogP contribution >= 0.6 is 0 Å². The third-order valence-electron chi connectivity index (χ3n) is 4.65. The molecular weight excluding hydrogens is 288 g/mol. The van der Waals surface area contributed by atoms with Crippen LogP contribution in [-0.4, -0.2) is 26.1 Å². The molecule has 3 rings (SSSR count). The van der Waals surface area contributed by atoms with E-state index in [1.165, 1.54) is 0 Å². The second kappa shape index (κ2) is 5.10. The zero-order valence-corrected chi connectivity index (χ0v) is 12.7. The summed E-state index contributed by atoms with van der Waals surface area (Å²) in [4.78, 5) is 12.4. The fourth-order valence-electron chi connectivity index (χ4n) is 3.52. The summed E-state index contributed by atoms with van der Waals surface area (Å²) in [7, 11) is -3.33. The highest BCUT2D eigenvalue weighted by atomic mass is 32.2. The number of nitrogens with one attached hydrogen (secondary N) is 1. The van der Waals surface area contributed by atoms with Crippen LogP contribution in [0.2, 0.25) is 0 Å². The molecule has 5 nitrogen and oxygen atoms in total. The first-order valence-electron chi connectivity index (χ1n) is 7.36. The average molecular weight is 308 g/mol. The molecule has 1 atom stereocenters. The first-order valence-corrected chi connectivity index (χ1v) is 9.01. The number of hydrogen-bond acceptors (Lipinski definition) is 4. The van der Waals surface area contributed by atoms with Crippen LogP contribution in [0, 0.1) is 0 Å². The van der Waals surface area contributed by atoms with Crippen LogP contribution < -0.4 is 11.1 Å². The van der Waals surface area contributed by atoms with E-state index in [1.807, 2.05) is 0 Å². The summed E-state index contributed by atoms with van der Waals surface area (Å²) in [5.74, 6) is -0.538. The first kappa shape index (κ1) is 14.5. The van der Waals surface area contributed by atoms with E-state index in [2.05, 4.69) is 5.32 Å². The number of benzene rings is 1. The molecule has 0 radical (unpaired) electrons. The van der Waals surface area contributed by atoms with Crippen LogP contribution in [0.15, 0.2) is 29.2 Å². The van der Waals surface area contributed by atoms with Gasteiger partial charge in [0.25, 0.3) is 0 Å². The van der Waals surface area contributed by atoms with E-state index in [-0.39, 0.29) is 23.1 Å². The number of hydrogen-bond donors (Lipinski definition) is 2. The van der Waals surface area contributed by atoms with E-state index < -0.39 is 21.3 Å². The number of carbonyl (C=O) groups is 1. The van der Waals surface area contributed by atoms with Crippen molar-refractivity contribution in [3.8, 4) is 0 Å². The monoisotopic (exact) mass is 308 g/mol. The lowest BCUT2D eigenvalue weighted by Gasteiger charge is -2.39. The molecule has 1 aliphatic carbocycles. The summed E-state index contributed by atoms with van der Waals surface area (Å²) in [5.41, 5.74) is 5.14. The fourth-order valence-corrected chi connectivity index (χ4v) is 5.18. The Morgan fingerprint density at radius 2 is 1.90 bits per heavy atom. The van der Waals surface area contributed by atoms with Crippen molar-refractivity contribution >= 4 is 15.7 Å². The number of primary amides is 1. The molecule has 3 N–H and O–H groups in total. The summed E-state index contributed by atoms with van der Waals surface area (Å²) >= 11 is 0. The Morgan fingerprint density at radius 3 is 2.57 bits per heavy atom. The van der Waals surface area contributed by atoms with Crippen molar-refractivity contribution in [2.45, 2.75) is 48.6 Å². The van der Waals surface area contributed by atoms with Crippen molar-refractivity contribution in [2.75, 3.05) is 5.75 Å². The molecule has 2 aliphatic rings. The lowest BCUT2D eigenvalue weighted by atomic mass is 9.84. The van der Waals surface area contributed by atoms with Crippen LogP contribution in [0.1, 0.15) is 37.7 Å². The topological polar surface area (TPSA) is 89.3 Å². The molecule has 1 heterocycles. The van der Waals surface area contributed by atoms with Crippen LogP contribution in [0.25, 0.3) is 0 Å². The number of fused-ring (bicyclic) bond motifs is 1. The van der Waals surface area contributed by atoms with Gasteiger partial charge in [-0.1, -0.05) is 31.0 Å². The Labute approximate surface area is 124 Å². The molecule has 0 aromatic heterocycles. The van der Waals surface area contributed by atoms with Gasteiger partial charge in [-0.05, 0) is 25.3 Å². The summed E-state index contributed by atoms with van der Waals surface area (Å²) < 4.78 is 24.5. The molecule has 114 valence electrons. The van der Waals surface area contributed by atoms with Crippen molar-refractivity contribution in [1.82, 2.24) is 5.32 Å². The van der Waals surface area contributed by atoms with E-state index in [1.54, 1.807) is 24.3 Å². The lowest BCUT2D eigenvalue weighted by molar-refractivity contribution is -0.125. The van der Waals surface area contributed by atoms with Gasteiger partial charge in [-0.25, -0.2) is 8.42 Å². The molecule has 21 heavy (non-hydrogen) atoms. The Bertz CT molecular complexity index is 665. The standard InChI is InChI=1S/C15H20N2O3S/c16-14(18)15(17-11-5-1-2-6-11)9-10-21(19,20)13-8-4-3-7-12(13)15/h3-4,7-8,11,17H,1-2,5-6,9-10H2,(H2,16,18). The van der Waals surface area contributed by atoms with Gasteiger partial charge in [0.05, 0.1) is 10.6 Å². The van der Waals surface area contributed by atoms with Crippen LogP contribution in [0.4, 0.5) is 0 Å². The fraction of sp³-hybridized carbons (Fsp3) is 0.533. The molecular formula is C15H20N2O3S. The van der Waals surface area contributed by atoms with Gasteiger partial charge in [0.2, 0.25) is 5.91 Å². The highest BCUT2D eigenvalue weighted by Gasteiger charge is 2.47. The molecule has 1 fully saturated rings. The Kier molecular flexibility index (Phi) is 3.53. The van der Waals surface area contributed by atoms with E-state index >= 15 is 0 Å². The predicted octanol–water partition coefficient (Wildman–Crippen LogP) is 1.08. The Balaban J connectivity index is 2.10. The molecule has 1 aliphatic heterocycles. The first-order chi connectivity index (χ1) is 9.96. The molecule has 1 aromatic carbocycles. The minimum Gasteiger partial charge on any atom is -0.368 e. The van der Waals surface area contributed by atoms with Crippen LogP contribution in [0.3, 0.4) is 0 Å². The highest BCUT2D eigenvalue weighted by Crippen LogP contribution is 2.38. The van der Waals surface area contributed by atoms with Gasteiger partial charge in [0.1, 0.15) is 5.54 Å². The Morgan fingerprint density at radius 1 is 1.24 bits per heavy atom. The van der Waals surface area contributed by atoms with Gasteiger partial charge in [-0.2, -0.15) is 0 Å². The van der Waals surface area contributed by atoms with E-state index in [4.69, 9.17) is 5.73 Å². The minimum absolute atomic E-state index is 0.0489. The van der Waals surface area contributed by atoms with E-state index in [0.29, 0.717) is 5.56 Å². The predicted molar refractivity (Wildman–Crippen MR) is 79.4 cm³/mol. The number of rotatable bonds is 3. The lowest BCUT2D eigenvalue weighted by Crippen LogP contribution is -2.58. The summed E-state index contributed by atoms with van der Waals surface area (Å²) in [6, 6.07) is 6.94. The summed E-state index contributed by atoms with van der Waals surface area (Å²) in [5, 5.41) is 3.39. The van der Waals surface area contributed by atoms with Gasteiger partial charge >= 0.3 is 0 Å². The molecule has 1 unspecified atom stereocenters. The zero-order chi connectivity index (χ0) is 15.1. The maximum absolute atomic E-state index is 12.2. The van der Waals surface area contributed by atoms with Crippen molar-refractivity contribution in [1.29, 1.82) is 0 Å². The third kappa shape index (κ3) is 2.36. The number of sulfone groups is 1. The number of carbonyl (C=O) groups excluding carboxylic acids is 1. The minimum atomic E-state index is -3.33. The van der Waals surface area contributed by atoms with E-state index in [0.717, 1.165) is 25.7 Å². The molecule has 0 spiro atoms. The third-order valence-corrected chi connectivity index (χ3v) is 6.42. The van der Waals surface area contributed by atoms with Crippen LogP contribution in [0.5, 0.6) is 0 Å². The van der Waals surface area contributed by atoms with Gasteiger partial charge in [-0.3, -0.25) is 10.1 Å². The molecule has 0 saturated heterocycles. The molecule has 6 heteroatoms. The maximum Gasteiger partial charge on any atom is 0.242 e. The van der Waals surface area contributed by atoms with E-state index in [9.17, 15) is 13.2 Å². The molecule has 1 saturated carbocycles. The number of amides is 1. The molecule has 1 amide bonds. The smallest absolute Gasteiger partial charge is 0.242 e. The number of nitrogens with two attached hydrogens (primary N) is 1. The van der Waals surface area contributed by atoms with Gasteiger partial charge in [0, 0.05) is 11.6 Å². The SMILES string of the molecule is NC(=O)C1(NC2CCCC2)CCS(=O)(=O)c2ccccc21. The quantitative estimate of drug-likeness (QED) is 0.874. The zero-order valence-electron chi connectivity index (χ0n) is 11.8. The molecule has 1 aromatic rings. The second-order valence-electron chi connectivity index (χ2n) is 5.96. The van der Waals surface area contributed by atoms with Gasteiger partial charge in [0.15, 0.2) is 9.84 Å².